The summed E-state index contributed by atoms with van der Waals surface area (Å²) in [6.07, 6.45) is 2.32. The maximum atomic E-state index is 14.3. The topological polar surface area (TPSA) is 76.0 Å². The maximum absolute atomic E-state index is 14.3. The molecule has 0 radical (unpaired) electrons. The SMILES string of the molecule is Cc1cc(F)ccc1-n1ccc(C(=O)Nc2cc3c(cc2F)CCC(=O)N3)n1. The van der Waals surface area contributed by atoms with Crippen molar-refractivity contribution >= 4 is 23.2 Å². The summed E-state index contributed by atoms with van der Waals surface area (Å²) in [7, 11) is 0. The minimum Gasteiger partial charge on any atom is -0.326 e. The van der Waals surface area contributed by atoms with Crippen molar-refractivity contribution in [1.82, 2.24) is 9.78 Å². The highest BCUT2D eigenvalue weighted by atomic mass is 19.1. The number of amides is 2. The molecular formula is C20H16F2N4O2. The predicted octanol–water partition coefficient (Wildman–Crippen LogP) is 3.60. The number of benzene rings is 2. The van der Waals surface area contributed by atoms with Gasteiger partial charge in [-0.15, -0.1) is 0 Å². The molecule has 4 rings (SSSR count). The van der Waals surface area contributed by atoms with E-state index in [9.17, 15) is 18.4 Å². The van der Waals surface area contributed by atoms with Gasteiger partial charge in [-0.25, -0.2) is 13.5 Å². The quantitative estimate of drug-likeness (QED) is 0.727. The first kappa shape index (κ1) is 17.8. The zero-order valence-corrected chi connectivity index (χ0v) is 14.9. The Labute approximate surface area is 159 Å². The summed E-state index contributed by atoms with van der Waals surface area (Å²) in [5.41, 5.74) is 2.49. The zero-order valence-electron chi connectivity index (χ0n) is 14.9. The van der Waals surface area contributed by atoms with Crippen molar-refractivity contribution in [2.45, 2.75) is 19.8 Å². The van der Waals surface area contributed by atoms with Crippen molar-refractivity contribution in [3.05, 3.63) is 71.1 Å². The fraction of sp³-hybridized carbons (Fsp3) is 0.150. The fourth-order valence-corrected chi connectivity index (χ4v) is 3.14. The molecule has 28 heavy (non-hydrogen) atoms. The van der Waals surface area contributed by atoms with Crippen LogP contribution in [-0.4, -0.2) is 21.6 Å². The molecule has 0 saturated carbocycles. The molecule has 0 atom stereocenters. The van der Waals surface area contributed by atoms with Crippen molar-refractivity contribution in [3.8, 4) is 5.69 Å². The number of nitrogens with one attached hydrogen (secondary N) is 2. The van der Waals surface area contributed by atoms with Crippen LogP contribution < -0.4 is 10.6 Å². The average Bonchev–Trinajstić information content (AvgIpc) is 3.12. The fourth-order valence-electron chi connectivity index (χ4n) is 3.14. The molecule has 1 aromatic heterocycles. The van der Waals surface area contributed by atoms with Crippen LogP contribution in [0.3, 0.4) is 0 Å². The van der Waals surface area contributed by atoms with E-state index in [1.54, 1.807) is 19.2 Å². The molecule has 2 heterocycles. The van der Waals surface area contributed by atoms with Crippen molar-refractivity contribution in [1.29, 1.82) is 0 Å². The molecule has 1 aliphatic rings. The molecule has 2 aromatic carbocycles. The molecule has 142 valence electrons. The van der Waals surface area contributed by atoms with E-state index in [1.807, 2.05) is 0 Å². The number of fused-ring (bicyclic) bond motifs is 1. The molecule has 2 N–H and O–H groups in total. The van der Waals surface area contributed by atoms with Crippen molar-refractivity contribution in [2.75, 3.05) is 10.6 Å². The Morgan fingerprint density at radius 3 is 2.79 bits per heavy atom. The van der Waals surface area contributed by atoms with Gasteiger partial charge in [-0.05, 0) is 60.9 Å². The van der Waals surface area contributed by atoms with Crippen LogP contribution >= 0.6 is 0 Å². The second-order valence-corrected chi connectivity index (χ2v) is 6.57. The number of rotatable bonds is 3. The second kappa shape index (κ2) is 6.88. The van der Waals surface area contributed by atoms with Gasteiger partial charge in [-0.3, -0.25) is 9.59 Å². The smallest absolute Gasteiger partial charge is 0.276 e. The second-order valence-electron chi connectivity index (χ2n) is 6.57. The van der Waals surface area contributed by atoms with Crippen LogP contribution in [0.1, 0.15) is 28.0 Å². The van der Waals surface area contributed by atoms with Crippen molar-refractivity contribution < 1.29 is 18.4 Å². The first-order valence-electron chi connectivity index (χ1n) is 8.66. The lowest BCUT2D eigenvalue weighted by atomic mass is 10.0. The van der Waals surface area contributed by atoms with Gasteiger partial charge in [0, 0.05) is 18.3 Å². The van der Waals surface area contributed by atoms with Crippen LogP contribution in [0, 0.1) is 18.6 Å². The van der Waals surface area contributed by atoms with Crippen LogP contribution in [0.4, 0.5) is 20.2 Å². The number of nitrogens with zero attached hydrogens (tertiary/aromatic N) is 2. The Balaban J connectivity index is 1.57. The molecule has 8 heteroatoms. The van der Waals surface area contributed by atoms with Crippen molar-refractivity contribution in [2.24, 2.45) is 0 Å². The Morgan fingerprint density at radius 1 is 1.18 bits per heavy atom. The standard InChI is InChI=1S/C20H16F2N4O2/c1-11-8-13(21)3-4-18(11)26-7-6-15(25-26)20(28)24-17-10-16-12(9-14(17)22)2-5-19(27)23-16/h3-4,6-10H,2,5H2,1H3,(H,23,27)(H,24,28). The summed E-state index contributed by atoms with van der Waals surface area (Å²) in [6.45, 7) is 1.73. The summed E-state index contributed by atoms with van der Waals surface area (Å²) in [5, 5.41) is 9.33. The largest absolute Gasteiger partial charge is 0.326 e. The molecule has 6 nitrogen and oxygen atoms in total. The summed E-state index contributed by atoms with van der Waals surface area (Å²) in [6, 6.07) is 8.43. The number of aromatic nitrogens is 2. The van der Waals surface area contributed by atoms with E-state index in [4.69, 9.17) is 0 Å². The molecule has 0 saturated heterocycles. The van der Waals surface area contributed by atoms with E-state index >= 15 is 0 Å². The lowest BCUT2D eigenvalue weighted by Crippen LogP contribution is -2.20. The maximum Gasteiger partial charge on any atom is 0.276 e. The van der Waals surface area contributed by atoms with Crippen molar-refractivity contribution in [3.63, 3.8) is 0 Å². The summed E-state index contributed by atoms with van der Waals surface area (Å²) in [4.78, 5) is 24.0. The minimum atomic E-state index is -0.598. The highest BCUT2D eigenvalue weighted by Crippen LogP contribution is 2.29. The van der Waals surface area contributed by atoms with E-state index in [0.29, 0.717) is 35.3 Å². The molecule has 0 fully saturated rings. The number of anilines is 2. The highest BCUT2D eigenvalue weighted by molar-refractivity contribution is 6.03. The molecule has 0 aliphatic carbocycles. The lowest BCUT2D eigenvalue weighted by molar-refractivity contribution is -0.116. The highest BCUT2D eigenvalue weighted by Gasteiger charge is 2.19. The molecular weight excluding hydrogens is 366 g/mol. The van der Waals surface area contributed by atoms with Gasteiger partial charge in [0.15, 0.2) is 5.69 Å². The zero-order chi connectivity index (χ0) is 19.8. The van der Waals surface area contributed by atoms with Gasteiger partial charge in [0.2, 0.25) is 5.91 Å². The third kappa shape index (κ3) is 3.36. The summed E-state index contributed by atoms with van der Waals surface area (Å²) < 4.78 is 29.0. The van der Waals surface area contributed by atoms with Crippen LogP contribution in [0.15, 0.2) is 42.6 Å². The average molecular weight is 382 g/mol. The summed E-state index contributed by atoms with van der Waals surface area (Å²) >= 11 is 0. The number of carbonyl (C=O) groups excluding carboxylic acids is 2. The molecule has 0 bridgehead atoms. The van der Waals surface area contributed by atoms with E-state index in [2.05, 4.69) is 15.7 Å². The number of carbonyl (C=O) groups is 2. The molecule has 2 amide bonds. The van der Waals surface area contributed by atoms with Gasteiger partial charge < -0.3 is 10.6 Å². The van der Waals surface area contributed by atoms with Gasteiger partial charge in [-0.2, -0.15) is 5.10 Å². The molecule has 0 unspecified atom stereocenters. The number of aryl methyl sites for hydroxylation is 2. The van der Waals surface area contributed by atoms with Crippen LogP contribution in [0.2, 0.25) is 0 Å². The predicted molar refractivity (Wildman–Crippen MR) is 99.6 cm³/mol. The number of halogens is 2. The first-order chi connectivity index (χ1) is 13.4. The Hall–Kier alpha value is -3.55. The van der Waals surface area contributed by atoms with Gasteiger partial charge in [0.25, 0.3) is 5.91 Å². The van der Waals surface area contributed by atoms with Crippen LogP contribution in [0.25, 0.3) is 5.69 Å². The Morgan fingerprint density at radius 2 is 2.00 bits per heavy atom. The van der Waals surface area contributed by atoms with E-state index in [-0.39, 0.29) is 23.1 Å². The van der Waals surface area contributed by atoms with E-state index in [1.165, 1.54) is 35.0 Å². The van der Waals surface area contributed by atoms with Crippen LogP contribution in [-0.2, 0) is 11.2 Å². The molecule has 3 aromatic rings. The monoisotopic (exact) mass is 382 g/mol. The van der Waals surface area contributed by atoms with Gasteiger partial charge in [0.05, 0.1) is 11.4 Å². The molecule has 1 aliphatic heterocycles. The van der Waals surface area contributed by atoms with E-state index < -0.39 is 11.7 Å². The van der Waals surface area contributed by atoms with Gasteiger partial charge >= 0.3 is 0 Å². The third-order valence-electron chi connectivity index (χ3n) is 4.56. The van der Waals surface area contributed by atoms with E-state index in [0.717, 1.165) is 0 Å². The summed E-state index contributed by atoms with van der Waals surface area (Å²) in [5.74, 6) is -1.69. The van der Waals surface area contributed by atoms with Gasteiger partial charge in [-0.1, -0.05) is 0 Å². The normalized spacial score (nSPS) is 13.0. The minimum absolute atomic E-state index is 0.0431. The number of hydrogen-bond acceptors (Lipinski definition) is 3. The number of hydrogen-bond donors (Lipinski definition) is 2. The Kier molecular flexibility index (Phi) is 4.38. The third-order valence-corrected chi connectivity index (χ3v) is 4.56. The molecule has 0 spiro atoms. The van der Waals surface area contributed by atoms with Gasteiger partial charge in [0.1, 0.15) is 11.6 Å². The first-order valence-corrected chi connectivity index (χ1v) is 8.66. The Bertz CT molecular complexity index is 1110. The van der Waals surface area contributed by atoms with Crippen LogP contribution in [0.5, 0.6) is 0 Å². The lowest BCUT2D eigenvalue weighted by Gasteiger charge is -2.18.